The van der Waals surface area contributed by atoms with Gasteiger partial charge in [-0.25, -0.2) is 14.4 Å². The Labute approximate surface area is 141 Å². The lowest BCUT2D eigenvalue weighted by molar-refractivity contribution is 0.0996. The zero-order valence-electron chi connectivity index (χ0n) is 13.2. The van der Waals surface area contributed by atoms with Crippen molar-refractivity contribution in [1.29, 1.82) is 0 Å². The van der Waals surface area contributed by atoms with Gasteiger partial charge in [-0.1, -0.05) is 0 Å². The van der Waals surface area contributed by atoms with Crippen LogP contribution in [0.4, 0.5) is 10.2 Å². The number of hydrogen-bond donors (Lipinski definition) is 2. The van der Waals surface area contributed by atoms with Gasteiger partial charge in [-0.2, -0.15) is 0 Å². The first-order valence-electron chi connectivity index (χ1n) is 7.27. The number of anilines is 1. The Morgan fingerprint density at radius 1 is 1.04 bits per heavy atom. The maximum atomic E-state index is 13.2. The molecule has 0 atom stereocenters. The summed E-state index contributed by atoms with van der Waals surface area (Å²) < 4.78 is 14.6. The Bertz CT molecular complexity index is 1030. The number of nitrogens with two attached hydrogens (primary N) is 2. The van der Waals surface area contributed by atoms with Crippen LogP contribution in [0.3, 0.4) is 0 Å². The molecule has 2 aromatic heterocycles. The fraction of sp³-hybridized carbons (Fsp3) is 0.0588. The SMILES string of the molecule is Cn1cc(-c2nc(C(N)=O)c(N)nc2-c2ccc(F)cc2)ccc1=O. The molecule has 1 aromatic carbocycles. The highest BCUT2D eigenvalue weighted by atomic mass is 19.1. The molecule has 7 nitrogen and oxygen atoms in total. The number of carbonyl (C=O) groups excluding carboxylic acids is 1. The quantitative estimate of drug-likeness (QED) is 0.746. The van der Waals surface area contributed by atoms with Crippen LogP contribution in [-0.2, 0) is 7.05 Å². The number of aromatic nitrogens is 3. The molecular weight excluding hydrogens is 325 g/mol. The molecular formula is C17H14FN5O2. The molecule has 0 unspecified atom stereocenters. The van der Waals surface area contributed by atoms with Gasteiger partial charge in [0.1, 0.15) is 5.82 Å². The van der Waals surface area contributed by atoms with Crippen LogP contribution in [0.5, 0.6) is 0 Å². The van der Waals surface area contributed by atoms with Gasteiger partial charge in [0.2, 0.25) is 5.56 Å². The highest BCUT2D eigenvalue weighted by Crippen LogP contribution is 2.30. The Kier molecular flexibility index (Phi) is 4.02. The molecule has 8 heteroatoms. The van der Waals surface area contributed by atoms with E-state index in [2.05, 4.69) is 9.97 Å². The highest BCUT2D eigenvalue weighted by Gasteiger charge is 2.18. The topological polar surface area (TPSA) is 117 Å². The standard InChI is InChI=1S/C17H14FN5O2/c1-23-8-10(4-7-12(23)24)14-13(9-2-5-11(18)6-3-9)22-16(19)15(21-14)17(20)25/h2-8H,1H3,(H2,19,22)(H2,20,25). The van der Waals surface area contributed by atoms with Crippen molar-refractivity contribution >= 4 is 11.7 Å². The van der Waals surface area contributed by atoms with Gasteiger partial charge >= 0.3 is 0 Å². The van der Waals surface area contributed by atoms with Gasteiger partial charge in [-0.3, -0.25) is 9.59 Å². The molecule has 126 valence electrons. The number of amides is 1. The van der Waals surface area contributed by atoms with Crippen molar-refractivity contribution in [3.63, 3.8) is 0 Å². The molecule has 0 radical (unpaired) electrons. The molecule has 0 fully saturated rings. The van der Waals surface area contributed by atoms with E-state index in [9.17, 15) is 14.0 Å². The number of hydrogen-bond acceptors (Lipinski definition) is 5. The van der Waals surface area contributed by atoms with E-state index >= 15 is 0 Å². The zero-order chi connectivity index (χ0) is 18.1. The van der Waals surface area contributed by atoms with Gasteiger partial charge in [0.15, 0.2) is 11.5 Å². The summed E-state index contributed by atoms with van der Waals surface area (Å²) in [5.74, 6) is -1.34. The summed E-state index contributed by atoms with van der Waals surface area (Å²) >= 11 is 0. The molecule has 0 spiro atoms. The van der Waals surface area contributed by atoms with Crippen LogP contribution < -0.4 is 17.0 Å². The highest BCUT2D eigenvalue weighted by molar-refractivity contribution is 5.96. The summed E-state index contributed by atoms with van der Waals surface area (Å²) in [6.45, 7) is 0. The molecule has 3 aromatic rings. The fourth-order valence-electron chi connectivity index (χ4n) is 2.37. The fourth-order valence-corrected chi connectivity index (χ4v) is 2.37. The Balaban J connectivity index is 2.31. The van der Waals surface area contributed by atoms with E-state index in [4.69, 9.17) is 11.5 Å². The molecule has 0 aliphatic rings. The zero-order valence-corrected chi connectivity index (χ0v) is 13.2. The molecule has 0 saturated heterocycles. The minimum atomic E-state index is -0.818. The smallest absolute Gasteiger partial charge is 0.271 e. The third kappa shape index (κ3) is 3.09. The Hall–Kier alpha value is -3.55. The first-order chi connectivity index (χ1) is 11.9. The van der Waals surface area contributed by atoms with E-state index in [0.29, 0.717) is 22.5 Å². The number of halogens is 1. The minimum absolute atomic E-state index is 0.125. The van der Waals surface area contributed by atoms with Crippen LogP contribution >= 0.6 is 0 Å². The molecule has 0 bridgehead atoms. The Morgan fingerprint density at radius 2 is 1.64 bits per heavy atom. The van der Waals surface area contributed by atoms with Crippen LogP contribution in [-0.4, -0.2) is 20.4 Å². The van der Waals surface area contributed by atoms with E-state index in [-0.39, 0.29) is 17.1 Å². The number of carbonyl (C=O) groups is 1. The lowest BCUT2D eigenvalue weighted by atomic mass is 10.0. The molecule has 0 aliphatic heterocycles. The summed E-state index contributed by atoms with van der Waals surface area (Å²) in [6.07, 6.45) is 1.56. The van der Waals surface area contributed by atoms with Crippen molar-refractivity contribution in [3.8, 4) is 22.5 Å². The van der Waals surface area contributed by atoms with Crippen molar-refractivity contribution in [1.82, 2.24) is 14.5 Å². The van der Waals surface area contributed by atoms with Crippen LogP contribution in [0, 0.1) is 5.82 Å². The number of nitrogens with zero attached hydrogens (tertiary/aromatic N) is 3. The third-order valence-corrected chi connectivity index (χ3v) is 3.63. The van der Waals surface area contributed by atoms with E-state index in [0.717, 1.165) is 0 Å². The van der Waals surface area contributed by atoms with Gasteiger partial charge in [-0.15, -0.1) is 0 Å². The first kappa shape index (κ1) is 16.3. The molecule has 1 amide bonds. The largest absolute Gasteiger partial charge is 0.382 e. The molecule has 25 heavy (non-hydrogen) atoms. The summed E-state index contributed by atoms with van der Waals surface area (Å²) in [4.78, 5) is 31.6. The lowest BCUT2D eigenvalue weighted by Crippen LogP contribution is -2.18. The predicted octanol–water partition coefficient (Wildman–Crippen LogP) is 1.33. The van der Waals surface area contributed by atoms with Gasteiger partial charge in [0, 0.05) is 30.4 Å². The number of rotatable bonds is 3. The molecule has 4 N–H and O–H groups in total. The van der Waals surface area contributed by atoms with E-state index in [1.54, 1.807) is 19.3 Å². The summed E-state index contributed by atoms with van der Waals surface area (Å²) in [7, 11) is 1.59. The minimum Gasteiger partial charge on any atom is -0.382 e. The Morgan fingerprint density at radius 3 is 2.24 bits per heavy atom. The van der Waals surface area contributed by atoms with E-state index in [1.165, 1.54) is 34.9 Å². The summed E-state index contributed by atoms with van der Waals surface area (Å²) in [5.41, 5.74) is 12.5. The van der Waals surface area contributed by atoms with Crippen molar-refractivity contribution < 1.29 is 9.18 Å². The second-order valence-corrected chi connectivity index (χ2v) is 5.39. The van der Waals surface area contributed by atoms with Crippen molar-refractivity contribution in [2.45, 2.75) is 0 Å². The van der Waals surface area contributed by atoms with Crippen LogP contribution in [0.1, 0.15) is 10.5 Å². The second kappa shape index (κ2) is 6.16. The maximum absolute atomic E-state index is 13.2. The number of benzene rings is 1. The average molecular weight is 339 g/mol. The average Bonchev–Trinajstić information content (AvgIpc) is 2.57. The normalized spacial score (nSPS) is 10.6. The van der Waals surface area contributed by atoms with Crippen LogP contribution in [0.15, 0.2) is 47.4 Å². The second-order valence-electron chi connectivity index (χ2n) is 5.39. The molecule has 3 rings (SSSR count). The van der Waals surface area contributed by atoms with Crippen molar-refractivity contribution in [3.05, 3.63) is 64.5 Å². The van der Waals surface area contributed by atoms with E-state index < -0.39 is 11.7 Å². The monoisotopic (exact) mass is 339 g/mol. The van der Waals surface area contributed by atoms with E-state index in [1.807, 2.05) is 0 Å². The van der Waals surface area contributed by atoms with Gasteiger partial charge < -0.3 is 16.0 Å². The van der Waals surface area contributed by atoms with Crippen molar-refractivity contribution in [2.24, 2.45) is 12.8 Å². The van der Waals surface area contributed by atoms with Gasteiger partial charge in [0.25, 0.3) is 5.91 Å². The lowest BCUT2D eigenvalue weighted by Gasteiger charge is -2.12. The van der Waals surface area contributed by atoms with Crippen LogP contribution in [0.25, 0.3) is 22.5 Å². The number of aryl methyl sites for hydroxylation is 1. The summed E-state index contributed by atoms with van der Waals surface area (Å²) in [6, 6.07) is 8.52. The van der Waals surface area contributed by atoms with Crippen LogP contribution in [0.2, 0.25) is 0 Å². The number of nitrogen functional groups attached to an aromatic ring is 1. The van der Waals surface area contributed by atoms with Crippen molar-refractivity contribution in [2.75, 3.05) is 5.73 Å². The third-order valence-electron chi connectivity index (χ3n) is 3.63. The number of primary amides is 1. The molecule has 2 heterocycles. The van der Waals surface area contributed by atoms with Gasteiger partial charge in [0.05, 0.1) is 11.4 Å². The first-order valence-corrected chi connectivity index (χ1v) is 7.27. The maximum Gasteiger partial charge on any atom is 0.271 e. The summed E-state index contributed by atoms with van der Waals surface area (Å²) in [5, 5.41) is 0. The van der Waals surface area contributed by atoms with Gasteiger partial charge in [-0.05, 0) is 30.3 Å². The predicted molar refractivity (Wildman–Crippen MR) is 91.0 cm³/mol. The molecule has 0 saturated carbocycles. The molecule has 0 aliphatic carbocycles. The number of pyridine rings is 1.